The van der Waals surface area contributed by atoms with Crippen LogP contribution < -0.4 is 14.8 Å². The van der Waals surface area contributed by atoms with Gasteiger partial charge in [0.2, 0.25) is 6.79 Å². The predicted molar refractivity (Wildman–Crippen MR) is 91.7 cm³/mol. The van der Waals surface area contributed by atoms with E-state index in [0.717, 1.165) is 40.5 Å². The number of ether oxygens (including phenoxy) is 2. The molecule has 0 saturated carbocycles. The molecule has 25 heavy (non-hydrogen) atoms. The van der Waals surface area contributed by atoms with Crippen LogP contribution >= 0.6 is 0 Å². The maximum absolute atomic E-state index is 13.0. The number of hydrogen-bond acceptors (Lipinski definition) is 5. The largest absolute Gasteiger partial charge is 0.454 e. The summed E-state index contributed by atoms with van der Waals surface area (Å²) in [5, 5.41) is 3.49. The number of nitrogens with one attached hydrogen (secondary N) is 2. The first-order valence-electron chi connectivity index (χ1n) is 8.48. The van der Waals surface area contributed by atoms with Crippen LogP contribution in [0.25, 0.3) is 0 Å². The van der Waals surface area contributed by atoms with E-state index >= 15 is 0 Å². The first kappa shape index (κ1) is 14.6. The smallest absolute Gasteiger partial charge is 0.231 e. The van der Waals surface area contributed by atoms with E-state index in [2.05, 4.69) is 29.1 Å². The number of rotatable bonds is 1. The number of H-pyrrole nitrogens is 1. The number of aromatic nitrogens is 2. The lowest BCUT2D eigenvalue weighted by Crippen LogP contribution is -2.34. The Morgan fingerprint density at radius 2 is 2.00 bits per heavy atom. The van der Waals surface area contributed by atoms with Gasteiger partial charge in [-0.3, -0.25) is 4.79 Å². The number of hydrogen-bond donors (Lipinski definition) is 2. The van der Waals surface area contributed by atoms with E-state index in [1.807, 2.05) is 12.1 Å². The van der Waals surface area contributed by atoms with Gasteiger partial charge in [0, 0.05) is 41.8 Å². The number of carbonyl (C=O) groups excluding carboxylic acids is 1. The molecular formula is C19H19N3O3. The van der Waals surface area contributed by atoms with Crippen molar-refractivity contribution < 1.29 is 14.3 Å². The molecule has 0 saturated heterocycles. The number of allylic oxidation sites excluding steroid dienone is 2. The summed E-state index contributed by atoms with van der Waals surface area (Å²) in [6.45, 7) is 4.49. The first-order chi connectivity index (χ1) is 12.0. The summed E-state index contributed by atoms with van der Waals surface area (Å²) in [7, 11) is 0. The van der Waals surface area contributed by atoms with Gasteiger partial charge in [-0.15, -0.1) is 0 Å². The maximum atomic E-state index is 13.0. The van der Waals surface area contributed by atoms with E-state index in [9.17, 15) is 4.79 Å². The summed E-state index contributed by atoms with van der Waals surface area (Å²) in [5.74, 6) is 2.20. The molecule has 1 atom stereocenters. The molecule has 0 bridgehead atoms. The van der Waals surface area contributed by atoms with Gasteiger partial charge in [0.15, 0.2) is 17.3 Å². The fraction of sp³-hybridized carbons (Fsp3) is 0.368. The molecule has 1 aromatic heterocycles. The second-order valence-corrected chi connectivity index (χ2v) is 7.66. The van der Waals surface area contributed by atoms with Crippen molar-refractivity contribution in [3.63, 3.8) is 0 Å². The Hall–Kier alpha value is -2.76. The summed E-state index contributed by atoms with van der Waals surface area (Å²) >= 11 is 0. The summed E-state index contributed by atoms with van der Waals surface area (Å²) in [4.78, 5) is 20.6. The lowest BCUT2D eigenvalue weighted by molar-refractivity contribution is -0.118. The van der Waals surface area contributed by atoms with E-state index in [0.29, 0.717) is 12.2 Å². The van der Waals surface area contributed by atoms with Crippen molar-refractivity contribution >= 4 is 11.5 Å². The first-order valence-corrected chi connectivity index (χ1v) is 8.48. The van der Waals surface area contributed by atoms with Gasteiger partial charge in [0.05, 0.1) is 5.92 Å². The Labute approximate surface area is 145 Å². The number of carbonyl (C=O) groups is 1. The SMILES string of the molecule is CC1(C)CC(=O)C2=C(C1)Nc1cc3c(cc1C2c1ncc[nH]1)OCO3. The van der Waals surface area contributed by atoms with Crippen LogP contribution in [0.15, 0.2) is 35.8 Å². The minimum atomic E-state index is -0.209. The number of anilines is 1. The molecule has 2 aromatic rings. The van der Waals surface area contributed by atoms with Gasteiger partial charge < -0.3 is 19.8 Å². The monoisotopic (exact) mass is 337 g/mol. The third kappa shape index (κ3) is 2.17. The fourth-order valence-corrected chi connectivity index (χ4v) is 4.12. The molecule has 1 aromatic carbocycles. The van der Waals surface area contributed by atoms with Gasteiger partial charge in [-0.05, 0) is 23.5 Å². The molecule has 3 aliphatic rings. The molecule has 5 rings (SSSR count). The number of aromatic amines is 1. The Kier molecular flexibility index (Phi) is 2.84. The lowest BCUT2D eigenvalue weighted by Gasteiger charge is -2.38. The highest BCUT2D eigenvalue weighted by Crippen LogP contribution is 2.51. The van der Waals surface area contributed by atoms with E-state index in [-0.39, 0.29) is 23.9 Å². The van der Waals surface area contributed by atoms with Gasteiger partial charge in [-0.2, -0.15) is 0 Å². The third-order valence-electron chi connectivity index (χ3n) is 5.14. The highest BCUT2D eigenvalue weighted by atomic mass is 16.7. The predicted octanol–water partition coefficient (Wildman–Crippen LogP) is 3.34. The highest BCUT2D eigenvalue weighted by molar-refractivity contribution is 6.01. The standard InChI is InChI=1S/C19H19N3O3/c1-19(2)7-12-17(13(23)8-19)16(18-20-3-4-21-18)10-5-14-15(25-9-24-14)6-11(10)22-12/h3-6,16,22H,7-9H2,1-2H3,(H,20,21). The topological polar surface area (TPSA) is 76.2 Å². The van der Waals surface area contributed by atoms with Gasteiger partial charge in [0.25, 0.3) is 0 Å². The van der Waals surface area contributed by atoms with E-state index in [1.54, 1.807) is 12.4 Å². The van der Waals surface area contributed by atoms with Crippen LogP contribution in [0.5, 0.6) is 11.5 Å². The van der Waals surface area contributed by atoms with Crippen LogP contribution in [-0.2, 0) is 4.79 Å². The number of benzene rings is 1. The quantitative estimate of drug-likeness (QED) is 0.835. The minimum absolute atomic E-state index is 0.0511. The molecule has 128 valence electrons. The second-order valence-electron chi connectivity index (χ2n) is 7.66. The van der Waals surface area contributed by atoms with E-state index in [1.165, 1.54) is 0 Å². The molecule has 6 heteroatoms. The Balaban J connectivity index is 1.73. The molecule has 0 spiro atoms. The zero-order valence-electron chi connectivity index (χ0n) is 14.2. The summed E-state index contributed by atoms with van der Waals surface area (Å²) in [5.41, 5.74) is 3.71. The summed E-state index contributed by atoms with van der Waals surface area (Å²) < 4.78 is 11.1. The zero-order chi connectivity index (χ0) is 17.2. The zero-order valence-corrected chi connectivity index (χ0v) is 14.2. The van der Waals surface area contributed by atoms with Crippen LogP contribution in [-0.4, -0.2) is 22.5 Å². The minimum Gasteiger partial charge on any atom is -0.454 e. The Morgan fingerprint density at radius 1 is 1.20 bits per heavy atom. The van der Waals surface area contributed by atoms with Crippen LogP contribution in [0.2, 0.25) is 0 Å². The van der Waals surface area contributed by atoms with E-state index in [4.69, 9.17) is 9.47 Å². The van der Waals surface area contributed by atoms with Crippen molar-refractivity contribution in [1.29, 1.82) is 0 Å². The number of fused-ring (bicyclic) bond motifs is 2. The number of ketones is 1. The molecule has 6 nitrogen and oxygen atoms in total. The average molecular weight is 337 g/mol. The van der Waals surface area contributed by atoms with Crippen molar-refractivity contribution in [2.24, 2.45) is 5.41 Å². The molecule has 1 aliphatic carbocycles. The van der Waals surface area contributed by atoms with Crippen LogP contribution in [0.1, 0.15) is 44.0 Å². The van der Waals surface area contributed by atoms with Crippen molar-refractivity contribution in [3.05, 3.63) is 47.2 Å². The number of imidazole rings is 1. The summed E-state index contributed by atoms with van der Waals surface area (Å²) in [6.07, 6.45) is 4.90. The average Bonchev–Trinajstić information content (AvgIpc) is 3.20. The van der Waals surface area contributed by atoms with Crippen molar-refractivity contribution in [2.45, 2.75) is 32.6 Å². The summed E-state index contributed by atoms with van der Waals surface area (Å²) in [6, 6.07) is 3.93. The van der Waals surface area contributed by atoms with Crippen molar-refractivity contribution in [3.8, 4) is 11.5 Å². The van der Waals surface area contributed by atoms with Crippen molar-refractivity contribution in [2.75, 3.05) is 12.1 Å². The van der Waals surface area contributed by atoms with Gasteiger partial charge in [0.1, 0.15) is 5.82 Å². The molecule has 0 amide bonds. The molecule has 0 fully saturated rings. The molecular weight excluding hydrogens is 318 g/mol. The van der Waals surface area contributed by atoms with E-state index < -0.39 is 0 Å². The van der Waals surface area contributed by atoms with Gasteiger partial charge >= 0.3 is 0 Å². The normalized spacial score (nSPS) is 23.1. The highest BCUT2D eigenvalue weighted by Gasteiger charge is 2.42. The Bertz CT molecular complexity index is 912. The Morgan fingerprint density at radius 3 is 2.76 bits per heavy atom. The number of nitrogens with zero attached hydrogens (tertiary/aromatic N) is 1. The van der Waals surface area contributed by atoms with Gasteiger partial charge in [-0.1, -0.05) is 13.8 Å². The molecule has 1 unspecified atom stereocenters. The van der Waals surface area contributed by atoms with Crippen molar-refractivity contribution in [1.82, 2.24) is 9.97 Å². The van der Waals surface area contributed by atoms with Crippen LogP contribution in [0, 0.1) is 5.41 Å². The second kappa shape index (κ2) is 4.88. The third-order valence-corrected chi connectivity index (χ3v) is 5.14. The molecule has 2 aliphatic heterocycles. The maximum Gasteiger partial charge on any atom is 0.231 e. The number of Topliss-reactive ketones (excluding diaryl/α,β-unsaturated/α-hetero) is 1. The van der Waals surface area contributed by atoms with Gasteiger partial charge in [-0.25, -0.2) is 4.98 Å². The molecule has 3 heterocycles. The molecule has 2 N–H and O–H groups in total. The lowest BCUT2D eigenvalue weighted by atomic mass is 9.70. The van der Waals surface area contributed by atoms with Crippen LogP contribution in [0.4, 0.5) is 5.69 Å². The fourth-order valence-electron chi connectivity index (χ4n) is 4.12. The molecule has 0 radical (unpaired) electrons. The van der Waals surface area contributed by atoms with Crippen LogP contribution in [0.3, 0.4) is 0 Å².